The lowest BCUT2D eigenvalue weighted by Crippen LogP contribution is -2.35. The molecular formula is C20H22ClN3O3. The summed E-state index contributed by atoms with van der Waals surface area (Å²) in [5, 5.41) is 15.1. The fourth-order valence-electron chi connectivity index (χ4n) is 3.00. The van der Waals surface area contributed by atoms with E-state index in [2.05, 4.69) is 5.16 Å². The number of rotatable bonds is 7. The minimum atomic E-state index is -0.767. The summed E-state index contributed by atoms with van der Waals surface area (Å²) in [7, 11) is 1.92. The molecule has 0 aliphatic carbocycles. The summed E-state index contributed by atoms with van der Waals surface area (Å²) in [6.45, 7) is 2.51. The van der Waals surface area contributed by atoms with Crippen LogP contribution in [0.5, 0.6) is 0 Å². The fraction of sp³-hybridized carbons (Fsp3) is 0.300. The molecule has 0 saturated carbocycles. The molecule has 0 spiro atoms. The molecule has 6 nitrogen and oxygen atoms in total. The van der Waals surface area contributed by atoms with Crippen molar-refractivity contribution in [1.82, 2.24) is 14.6 Å². The normalized spacial score (nSPS) is 13.7. The van der Waals surface area contributed by atoms with E-state index in [0.29, 0.717) is 17.4 Å². The Labute approximate surface area is 162 Å². The number of benzene rings is 2. The molecule has 0 amide bonds. The number of aliphatic hydroxyl groups excluding tert-OH is 1. The largest absolute Gasteiger partial charge is 0.441 e. The Morgan fingerprint density at radius 2 is 1.96 bits per heavy atom. The lowest BCUT2D eigenvalue weighted by Gasteiger charge is -2.27. The zero-order valence-corrected chi connectivity index (χ0v) is 16.0. The van der Waals surface area contributed by atoms with Crippen molar-refractivity contribution in [2.45, 2.75) is 25.6 Å². The molecule has 27 heavy (non-hydrogen) atoms. The van der Waals surface area contributed by atoms with E-state index in [-0.39, 0.29) is 12.6 Å². The third-order valence-corrected chi connectivity index (χ3v) is 4.84. The first-order valence-electron chi connectivity index (χ1n) is 8.71. The Kier molecular flexibility index (Phi) is 6.11. The van der Waals surface area contributed by atoms with Crippen molar-refractivity contribution in [3.05, 3.63) is 75.7 Å². The van der Waals surface area contributed by atoms with Crippen LogP contribution in [0.4, 0.5) is 0 Å². The molecule has 3 rings (SSSR count). The summed E-state index contributed by atoms with van der Waals surface area (Å²) in [6, 6.07) is 17.0. The van der Waals surface area contributed by atoms with Crippen LogP contribution in [-0.4, -0.2) is 39.4 Å². The second kappa shape index (κ2) is 8.52. The maximum absolute atomic E-state index is 12.0. The molecule has 0 radical (unpaired) electrons. The zero-order chi connectivity index (χ0) is 19.4. The Hall–Kier alpha value is -2.41. The molecule has 1 N–H and O–H groups in total. The van der Waals surface area contributed by atoms with Crippen molar-refractivity contribution in [3.8, 4) is 11.4 Å². The van der Waals surface area contributed by atoms with Gasteiger partial charge in [0.25, 0.3) is 0 Å². The van der Waals surface area contributed by atoms with Crippen molar-refractivity contribution in [3.63, 3.8) is 0 Å². The molecule has 0 aliphatic rings. The topological polar surface area (TPSA) is 71.5 Å². The highest BCUT2D eigenvalue weighted by Crippen LogP contribution is 2.22. The highest BCUT2D eigenvalue weighted by molar-refractivity contribution is 6.30. The van der Waals surface area contributed by atoms with Gasteiger partial charge in [0.2, 0.25) is 0 Å². The smallest absolute Gasteiger partial charge is 0.390 e. The molecule has 0 fully saturated rings. The number of hydrogen-bond donors (Lipinski definition) is 1. The van der Waals surface area contributed by atoms with Crippen LogP contribution in [0.2, 0.25) is 5.02 Å². The summed E-state index contributed by atoms with van der Waals surface area (Å²) in [6.07, 6.45) is -0.767. The average molecular weight is 388 g/mol. The third kappa shape index (κ3) is 4.66. The first-order chi connectivity index (χ1) is 13.0. The number of likely N-dealkylation sites (N-methyl/N-ethyl adjacent to an activating group) is 1. The van der Waals surface area contributed by atoms with Gasteiger partial charge in [-0.1, -0.05) is 59.2 Å². The molecule has 1 aromatic heterocycles. The molecule has 2 aromatic carbocycles. The molecule has 0 bridgehead atoms. The molecule has 7 heteroatoms. The van der Waals surface area contributed by atoms with Gasteiger partial charge < -0.3 is 5.11 Å². The van der Waals surface area contributed by atoms with Crippen LogP contribution in [-0.2, 0) is 6.54 Å². The van der Waals surface area contributed by atoms with Gasteiger partial charge in [0.15, 0.2) is 5.82 Å². The van der Waals surface area contributed by atoms with E-state index in [1.54, 1.807) is 0 Å². The number of nitrogens with zero attached hydrogens (tertiary/aromatic N) is 3. The third-order valence-electron chi connectivity index (χ3n) is 4.60. The maximum atomic E-state index is 12.0. The van der Waals surface area contributed by atoms with Gasteiger partial charge in [-0.25, -0.2) is 4.79 Å². The predicted octanol–water partition coefficient (Wildman–Crippen LogP) is 3.21. The molecule has 1 heterocycles. The van der Waals surface area contributed by atoms with Crippen LogP contribution < -0.4 is 5.76 Å². The van der Waals surface area contributed by atoms with Gasteiger partial charge in [-0.05, 0) is 31.7 Å². The van der Waals surface area contributed by atoms with Crippen LogP contribution in [0.3, 0.4) is 0 Å². The quantitative estimate of drug-likeness (QED) is 0.674. The van der Waals surface area contributed by atoms with E-state index < -0.39 is 11.9 Å². The van der Waals surface area contributed by atoms with E-state index in [1.165, 1.54) is 4.57 Å². The van der Waals surface area contributed by atoms with Gasteiger partial charge in [0.05, 0.1) is 12.6 Å². The van der Waals surface area contributed by atoms with Crippen LogP contribution in [0.15, 0.2) is 63.9 Å². The number of halogens is 1. The minimum Gasteiger partial charge on any atom is -0.390 e. The highest BCUT2D eigenvalue weighted by Gasteiger charge is 2.20. The van der Waals surface area contributed by atoms with Gasteiger partial charge in [0.1, 0.15) is 0 Å². The van der Waals surface area contributed by atoms with Crippen LogP contribution >= 0.6 is 11.6 Å². The fourth-order valence-corrected chi connectivity index (χ4v) is 3.20. The second-order valence-electron chi connectivity index (χ2n) is 6.57. The highest BCUT2D eigenvalue weighted by atomic mass is 35.5. The SMILES string of the molecule is CC(c1cccc(Cl)c1)N(C)CC(O)Cn1c(-c2ccccc2)noc1=O. The molecule has 0 aliphatic heterocycles. The summed E-state index contributed by atoms with van der Waals surface area (Å²) < 4.78 is 6.16. The van der Waals surface area contributed by atoms with Crippen molar-refractivity contribution in [1.29, 1.82) is 0 Å². The molecule has 2 atom stereocenters. The lowest BCUT2D eigenvalue weighted by molar-refractivity contribution is 0.0926. The summed E-state index contributed by atoms with van der Waals surface area (Å²) in [5.74, 6) is -0.177. The van der Waals surface area contributed by atoms with Crippen LogP contribution in [0, 0.1) is 0 Å². The first-order valence-corrected chi connectivity index (χ1v) is 9.09. The average Bonchev–Trinajstić information content (AvgIpc) is 3.02. The van der Waals surface area contributed by atoms with Crippen molar-refractivity contribution in [2.24, 2.45) is 0 Å². The van der Waals surface area contributed by atoms with E-state index in [1.807, 2.05) is 73.5 Å². The second-order valence-corrected chi connectivity index (χ2v) is 7.01. The molecular weight excluding hydrogens is 366 g/mol. The summed E-state index contributed by atoms with van der Waals surface area (Å²) in [4.78, 5) is 14.0. The Bertz CT molecular complexity index is 939. The molecule has 2 unspecified atom stereocenters. The molecule has 3 aromatic rings. The van der Waals surface area contributed by atoms with Crippen molar-refractivity contribution >= 4 is 11.6 Å². The Morgan fingerprint density at radius 3 is 2.67 bits per heavy atom. The molecule has 142 valence electrons. The number of hydrogen-bond acceptors (Lipinski definition) is 5. The Balaban J connectivity index is 1.70. The van der Waals surface area contributed by atoms with Gasteiger partial charge in [-0.2, -0.15) is 0 Å². The van der Waals surface area contributed by atoms with Crippen molar-refractivity contribution < 1.29 is 9.63 Å². The van der Waals surface area contributed by atoms with E-state index in [9.17, 15) is 9.90 Å². The number of aliphatic hydroxyl groups is 1. The van der Waals surface area contributed by atoms with Crippen LogP contribution in [0.1, 0.15) is 18.5 Å². The van der Waals surface area contributed by atoms with Gasteiger partial charge >= 0.3 is 5.76 Å². The lowest BCUT2D eigenvalue weighted by atomic mass is 10.1. The van der Waals surface area contributed by atoms with Crippen LogP contribution in [0.25, 0.3) is 11.4 Å². The predicted molar refractivity (Wildman–Crippen MR) is 105 cm³/mol. The van der Waals surface area contributed by atoms with Gasteiger partial charge in [-0.3, -0.25) is 14.0 Å². The molecule has 0 saturated heterocycles. The first kappa shape index (κ1) is 19.4. The van der Waals surface area contributed by atoms with Gasteiger partial charge in [-0.15, -0.1) is 0 Å². The number of aromatic nitrogens is 2. The van der Waals surface area contributed by atoms with E-state index in [0.717, 1.165) is 11.1 Å². The van der Waals surface area contributed by atoms with E-state index >= 15 is 0 Å². The minimum absolute atomic E-state index is 0.0612. The summed E-state index contributed by atoms with van der Waals surface area (Å²) >= 11 is 6.06. The van der Waals surface area contributed by atoms with Gasteiger partial charge in [0, 0.05) is 23.2 Å². The Morgan fingerprint density at radius 1 is 1.22 bits per heavy atom. The zero-order valence-electron chi connectivity index (χ0n) is 15.2. The summed E-state index contributed by atoms with van der Waals surface area (Å²) in [5.41, 5.74) is 1.82. The monoisotopic (exact) mass is 387 g/mol. The standard InChI is InChI=1S/C20H22ClN3O3/c1-14(16-9-6-10-17(21)11-16)23(2)12-18(25)13-24-19(22-27-20(24)26)15-7-4-3-5-8-15/h3-11,14,18,25H,12-13H2,1-2H3. The van der Waals surface area contributed by atoms with Crippen molar-refractivity contribution in [2.75, 3.05) is 13.6 Å². The maximum Gasteiger partial charge on any atom is 0.441 e. The van der Waals surface area contributed by atoms with E-state index in [4.69, 9.17) is 16.1 Å².